The zero-order valence-electron chi connectivity index (χ0n) is 10.1. The Hall–Kier alpha value is -0.630. The first-order chi connectivity index (χ1) is 8.70. The molecule has 2 rings (SSSR count). The van der Waals surface area contributed by atoms with Gasteiger partial charge in [-0.25, -0.2) is 0 Å². The van der Waals surface area contributed by atoms with Gasteiger partial charge in [0.15, 0.2) is 0 Å². The molecule has 0 amide bonds. The molecular formula is C15H14Cl2S. The Bertz CT molecular complexity index is 525. The minimum atomic E-state index is -0.0212. The van der Waals surface area contributed by atoms with Crippen molar-refractivity contribution in [1.29, 1.82) is 0 Å². The van der Waals surface area contributed by atoms with Crippen molar-refractivity contribution >= 4 is 35.0 Å². The lowest BCUT2D eigenvalue weighted by atomic mass is 10.0. The van der Waals surface area contributed by atoms with E-state index in [1.54, 1.807) is 11.8 Å². The van der Waals surface area contributed by atoms with Gasteiger partial charge < -0.3 is 0 Å². The van der Waals surface area contributed by atoms with Gasteiger partial charge >= 0.3 is 0 Å². The van der Waals surface area contributed by atoms with E-state index in [1.807, 2.05) is 30.3 Å². The monoisotopic (exact) mass is 296 g/mol. The molecule has 0 heterocycles. The summed E-state index contributed by atoms with van der Waals surface area (Å²) >= 11 is 14.2. The molecule has 0 bridgehead atoms. The van der Waals surface area contributed by atoms with Crippen molar-refractivity contribution in [2.75, 3.05) is 6.26 Å². The normalized spacial score (nSPS) is 12.4. The van der Waals surface area contributed by atoms with Crippen LogP contribution >= 0.6 is 35.0 Å². The zero-order chi connectivity index (χ0) is 13.0. The second kappa shape index (κ2) is 6.51. The lowest BCUT2D eigenvalue weighted by molar-refractivity contribution is 0.897. The molecule has 94 valence electrons. The molecular weight excluding hydrogens is 283 g/mol. The summed E-state index contributed by atoms with van der Waals surface area (Å²) in [7, 11) is 0. The summed E-state index contributed by atoms with van der Waals surface area (Å²) in [4.78, 5) is 1.24. The van der Waals surface area contributed by atoms with Crippen LogP contribution in [-0.4, -0.2) is 6.26 Å². The summed E-state index contributed by atoms with van der Waals surface area (Å²) in [5.41, 5.74) is 2.35. The van der Waals surface area contributed by atoms with Crippen LogP contribution in [0.4, 0.5) is 0 Å². The fraction of sp³-hybridized carbons (Fsp3) is 0.200. The van der Waals surface area contributed by atoms with Gasteiger partial charge in [0.2, 0.25) is 0 Å². The molecule has 1 unspecified atom stereocenters. The van der Waals surface area contributed by atoms with Gasteiger partial charge in [-0.3, -0.25) is 0 Å². The lowest BCUT2D eigenvalue weighted by Crippen LogP contribution is -1.97. The number of alkyl halides is 1. The molecule has 0 radical (unpaired) electrons. The Morgan fingerprint density at radius 1 is 1.11 bits per heavy atom. The van der Waals surface area contributed by atoms with E-state index < -0.39 is 0 Å². The van der Waals surface area contributed by atoms with Gasteiger partial charge in [-0.05, 0) is 42.0 Å². The van der Waals surface area contributed by atoms with Crippen LogP contribution < -0.4 is 0 Å². The van der Waals surface area contributed by atoms with Gasteiger partial charge in [0.1, 0.15) is 0 Å². The second-order valence-corrected chi connectivity index (χ2v) is 5.85. The Kier molecular flexibility index (Phi) is 4.99. The minimum Gasteiger partial charge on any atom is -0.129 e. The summed E-state index contributed by atoms with van der Waals surface area (Å²) in [6.07, 6.45) is 2.86. The largest absolute Gasteiger partial charge is 0.129 e. The summed E-state index contributed by atoms with van der Waals surface area (Å²) in [6, 6.07) is 16.1. The number of halogens is 2. The van der Waals surface area contributed by atoms with Crippen molar-refractivity contribution in [3.8, 4) is 0 Å². The third-order valence-electron chi connectivity index (χ3n) is 2.78. The van der Waals surface area contributed by atoms with E-state index in [4.69, 9.17) is 23.2 Å². The van der Waals surface area contributed by atoms with E-state index in [1.165, 1.54) is 16.0 Å². The summed E-state index contributed by atoms with van der Waals surface area (Å²) in [5, 5.41) is 0.738. The van der Waals surface area contributed by atoms with Crippen LogP contribution in [0, 0.1) is 0 Å². The van der Waals surface area contributed by atoms with Crippen molar-refractivity contribution in [2.45, 2.75) is 16.7 Å². The highest BCUT2D eigenvalue weighted by Gasteiger charge is 2.12. The SMILES string of the molecule is CSc1ccccc1C(Cl)Cc1cccc(Cl)c1. The van der Waals surface area contributed by atoms with Crippen LogP contribution in [0.3, 0.4) is 0 Å². The highest BCUT2D eigenvalue weighted by Crippen LogP contribution is 2.32. The number of hydrogen-bond donors (Lipinski definition) is 0. The Balaban J connectivity index is 2.19. The number of rotatable bonds is 4. The van der Waals surface area contributed by atoms with Gasteiger partial charge in [0, 0.05) is 9.92 Å². The van der Waals surface area contributed by atoms with E-state index in [0.717, 1.165) is 11.4 Å². The van der Waals surface area contributed by atoms with Crippen LogP contribution in [0.5, 0.6) is 0 Å². The molecule has 1 atom stereocenters. The smallest absolute Gasteiger partial charge is 0.0636 e. The van der Waals surface area contributed by atoms with Crippen LogP contribution in [0.2, 0.25) is 5.02 Å². The topological polar surface area (TPSA) is 0 Å². The van der Waals surface area contributed by atoms with Gasteiger partial charge in [-0.2, -0.15) is 0 Å². The number of benzene rings is 2. The van der Waals surface area contributed by atoms with Gasteiger partial charge in [0.05, 0.1) is 5.38 Å². The van der Waals surface area contributed by atoms with Gasteiger partial charge in [-0.15, -0.1) is 23.4 Å². The van der Waals surface area contributed by atoms with E-state index in [0.29, 0.717) is 0 Å². The highest BCUT2D eigenvalue weighted by molar-refractivity contribution is 7.98. The van der Waals surface area contributed by atoms with Gasteiger partial charge in [0.25, 0.3) is 0 Å². The molecule has 0 aliphatic carbocycles. The Morgan fingerprint density at radius 2 is 1.89 bits per heavy atom. The van der Waals surface area contributed by atoms with Crippen molar-refractivity contribution < 1.29 is 0 Å². The molecule has 0 fully saturated rings. The predicted molar refractivity (Wildman–Crippen MR) is 82.0 cm³/mol. The summed E-state index contributed by atoms with van der Waals surface area (Å²) in [6.45, 7) is 0. The molecule has 2 aromatic carbocycles. The molecule has 0 aromatic heterocycles. The van der Waals surface area contributed by atoms with Crippen molar-refractivity contribution in [3.05, 3.63) is 64.7 Å². The molecule has 0 aliphatic heterocycles. The molecule has 0 nitrogen and oxygen atoms in total. The van der Waals surface area contributed by atoms with E-state index in [9.17, 15) is 0 Å². The van der Waals surface area contributed by atoms with Crippen molar-refractivity contribution in [1.82, 2.24) is 0 Å². The maximum absolute atomic E-state index is 6.52. The third kappa shape index (κ3) is 3.44. The van der Waals surface area contributed by atoms with Crippen LogP contribution in [0.25, 0.3) is 0 Å². The standard InChI is InChI=1S/C15H14Cl2S/c1-18-15-8-3-2-7-13(15)14(17)10-11-5-4-6-12(16)9-11/h2-9,14H,10H2,1H3. The molecule has 0 aliphatic rings. The molecule has 2 aromatic rings. The molecule has 18 heavy (non-hydrogen) atoms. The molecule has 0 saturated heterocycles. The Morgan fingerprint density at radius 3 is 2.61 bits per heavy atom. The summed E-state index contributed by atoms with van der Waals surface area (Å²) in [5.74, 6) is 0. The van der Waals surface area contributed by atoms with Crippen LogP contribution in [0.1, 0.15) is 16.5 Å². The van der Waals surface area contributed by atoms with E-state index >= 15 is 0 Å². The van der Waals surface area contributed by atoms with E-state index in [-0.39, 0.29) is 5.38 Å². The lowest BCUT2D eigenvalue weighted by Gasteiger charge is -2.13. The number of hydrogen-bond acceptors (Lipinski definition) is 1. The van der Waals surface area contributed by atoms with Crippen LogP contribution in [-0.2, 0) is 6.42 Å². The van der Waals surface area contributed by atoms with Crippen molar-refractivity contribution in [3.63, 3.8) is 0 Å². The fourth-order valence-electron chi connectivity index (χ4n) is 1.91. The van der Waals surface area contributed by atoms with Gasteiger partial charge in [-0.1, -0.05) is 41.9 Å². The quantitative estimate of drug-likeness (QED) is 0.524. The first-order valence-electron chi connectivity index (χ1n) is 5.72. The first-order valence-corrected chi connectivity index (χ1v) is 7.76. The maximum Gasteiger partial charge on any atom is 0.0636 e. The highest BCUT2D eigenvalue weighted by atomic mass is 35.5. The average Bonchev–Trinajstić information content (AvgIpc) is 2.38. The summed E-state index contributed by atoms with van der Waals surface area (Å²) < 4.78 is 0. The number of thioether (sulfide) groups is 1. The maximum atomic E-state index is 6.52. The molecule has 0 spiro atoms. The second-order valence-electron chi connectivity index (χ2n) is 4.04. The predicted octanol–water partition coefficient (Wildman–Crippen LogP) is 5.58. The fourth-order valence-corrected chi connectivity index (χ4v) is 3.21. The third-order valence-corrected chi connectivity index (χ3v) is 4.22. The Labute approximate surface area is 122 Å². The molecule has 3 heteroatoms. The molecule has 0 N–H and O–H groups in total. The molecule has 0 saturated carbocycles. The minimum absolute atomic E-state index is 0.0212. The van der Waals surface area contributed by atoms with E-state index in [2.05, 4.69) is 24.5 Å². The first kappa shape index (κ1) is 13.8. The van der Waals surface area contributed by atoms with Crippen LogP contribution in [0.15, 0.2) is 53.4 Å². The zero-order valence-corrected chi connectivity index (χ0v) is 12.4. The average molecular weight is 297 g/mol. The van der Waals surface area contributed by atoms with Crippen molar-refractivity contribution in [2.24, 2.45) is 0 Å².